The fourth-order valence-electron chi connectivity index (χ4n) is 2.36. The van der Waals surface area contributed by atoms with Gasteiger partial charge in [-0.15, -0.1) is 12.4 Å². The Morgan fingerprint density at radius 1 is 1.12 bits per heavy atom. The molecule has 3 N–H and O–H groups in total. The molecule has 1 unspecified atom stereocenters. The van der Waals surface area contributed by atoms with E-state index in [-0.39, 0.29) is 18.3 Å². The summed E-state index contributed by atoms with van der Waals surface area (Å²) in [4.78, 5) is 12.2. The zero-order valence-electron chi connectivity index (χ0n) is 15.0. The normalized spacial score (nSPS) is 11.5. The zero-order chi connectivity index (χ0) is 17.5. The molecule has 0 aromatic heterocycles. The van der Waals surface area contributed by atoms with Gasteiger partial charge in [-0.05, 0) is 54.7 Å². The van der Waals surface area contributed by atoms with Crippen LogP contribution in [0.5, 0.6) is 5.75 Å². The number of carbonyl (C=O) groups excluding carboxylic acids is 1. The Hall–Kier alpha value is -2.20. The van der Waals surface area contributed by atoms with Crippen LogP contribution in [-0.2, 0) is 11.2 Å². The second kappa shape index (κ2) is 9.94. The topological polar surface area (TPSA) is 64.3 Å². The van der Waals surface area contributed by atoms with Crippen LogP contribution in [0.4, 0.5) is 5.69 Å². The third-order valence-corrected chi connectivity index (χ3v) is 3.90. The number of nitrogens with one attached hydrogen (secondary N) is 1. The number of hydrogen-bond donors (Lipinski definition) is 2. The van der Waals surface area contributed by atoms with Gasteiger partial charge in [-0.25, -0.2) is 0 Å². The Kier molecular flexibility index (Phi) is 8.29. The molecule has 2 aromatic carbocycles. The van der Waals surface area contributed by atoms with Crippen molar-refractivity contribution in [2.24, 2.45) is 0 Å². The van der Waals surface area contributed by atoms with Crippen LogP contribution >= 0.6 is 12.4 Å². The summed E-state index contributed by atoms with van der Waals surface area (Å²) in [5.74, 6) is 1.04. The first kappa shape index (κ1) is 20.8. The molecule has 4 nitrogen and oxygen atoms in total. The molecule has 0 bridgehead atoms. The van der Waals surface area contributed by atoms with Crippen molar-refractivity contribution in [2.75, 3.05) is 12.3 Å². The van der Waals surface area contributed by atoms with Crippen LogP contribution in [0.2, 0.25) is 0 Å². The minimum atomic E-state index is -0.529. The van der Waals surface area contributed by atoms with Crippen molar-refractivity contribution < 1.29 is 9.53 Å². The summed E-state index contributed by atoms with van der Waals surface area (Å²) >= 11 is 0. The van der Waals surface area contributed by atoms with Gasteiger partial charge in [0.15, 0.2) is 6.10 Å². The number of benzene rings is 2. The van der Waals surface area contributed by atoms with Crippen LogP contribution in [0.15, 0.2) is 48.5 Å². The van der Waals surface area contributed by atoms with Crippen molar-refractivity contribution in [2.45, 2.75) is 39.2 Å². The summed E-state index contributed by atoms with van der Waals surface area (Å²) in [5.41, 5.74) is 8.74. The molecule has 0 aliphatic rings. The van der Waals surface area contributed by atoms with E-state index in [2.05, 4.69) is 25.2 Å². The standard InChI is InChI=1S/C20H26N2O2.ClH/c1-14(2)17-5-4-6-19(13-17)24-15(3)20(23)22-12-11-16-7-9-18(21)10-8-16;/h4-10,13-15H,11-12,21H2,1-3H3,(H,22,23);1H. The molecule has 0 spiro atoms. The minimum absolute atomic E-state index is 0. The lowest BCUT2D eigenvalue weighted by Gasteiger charge is -2.16. The predicted molar refractivity (Wildman–Crippen MR) is 105 cm³/mol. The van der Waals surface area contributed by atoms with Gasteiger partial charge in [0.2, 0.25) is 0 Å². The van der Waals surface area contributed by atoms with Crippen molar-refractivity contribution in [3.05, 3.63) is 59.7 Å². The highest BCUT2D eigenvalue weighted by Crippen LogP contribution is 2.21. The van der Waals surface area contributed by atoms with Gasteiger partial charge in [-0.2, -0.15) is 0 Å². The molecular weight excluding hydrogens is 336 g/mol. The summed E-state index contributed by atoms with van der Waals surface area (Å²) in [6.07, 6.45) is 0.237. The highest BCUT2D eigenvalue weighted by Gasteiger charge is 2.14. The van der Waals surface area contributed by atoms with Crippen molar-refractivity contribution in [1.82, 2.24) is 5.32 Å². The molecular formula is C20H27ClN2O2. The van der Waals surface area contributed by atoms with E-state index in [0.29, 0.717) is 12.5 Å². The van der Waals surface area contributed by atoms with E-state index < -0.39 is 6.10 Å². The number of anilines is 1. The maximum absolute atomic E-state index is 12.2. The minimum Gasteiger partial charge on any atom is -0.481 e. The van der Waals surface area contributed by atoms with Gasteiger partial charge >= 0.3 is 0 Å². The van der Waals surface area contributed by atoms with E-state index in [1.165, 1.54) is 5.56 Å². The predicted octanol–water partition coefficient (Wildman–Crippen LogP) is 3.94. The van der Waals surface area contributed by atoms with Gasteiger partial charge in [-0.1, -0.05) is 38.1 Å². The van der Waals surface area contributed by atoms with Gasteiger partial charge in [0, 0.05) is 12.2 Å². The molecule has 0 radical (unpaired) electrons. The summed E-state index contributed by atoms with van der Waals surface area (Å²) < 4.78 is 5.76. The largest absolute Gasteiger partial charge is 0.481 e. The maximum atomic E-state index is 12.2. The van der Waals surface area contributed by atoms with Gasteiger partial charge in [-0.3, -0.25) is 4.79 Å². The van der Waals surface area contributed by atoms with Crippen LogP contribution in [0.1, 0.15) is 37.8 Å². The van der Waals surface area contributed by atoms with Gasteiger partial charge in [0.1, 0.15) is 5.75 Å². The number of halogens is 1. The zero-order valence-corrected chi connectivity index (χ0v) is 15.8. The highest BCUT2D eigenvalue weighted by molar-refractivity contribution is 5.85. The van der Waals surface area contributed by atoms with Crippen LogP contribution < -0.4 is 15.8 Å². The Bertz CT molecular complexity index is 672. The van der Waals surface area contributed by atoms with E-state index in [4.69, 9.17) is 10.5 Å². The number of amides is 1. The Labute approximate surface area is 156 Å². The Morgan fingerprint density at radius 3 is 2.44 bits per heavy atom. The van der Waals surface area contributed by atoms with E-state index in [1.54, 1.807) is 6.92 Å². The first-order valence-corrected chi connectivity index (χ1v) is 8.34. The summed E-state index contributed by atoms with van der Waals surface area (Å²) in [7, 11) is 0. The Morgan fingerprint density at radius 2 is 1.80 bits per heavy atom. The lowest BCUT2D eigenvalue weighted by atomic mass is 10.0. The molecule has 2 rings (SSSR count). The smallest absolute Gasteiger partial charge is 0.260 e. The number of hydrogen-bond acceptors (Lipinski definition) is 3. The summed E-state index contributed by atoms with van der Waals surface area (Å²) in [6, 6.07) is 15.6. The number of rotatable bonds is 7. The second-order valence-corrected chi connectivity index (χ2v) is 6.27. The van der Waals surface area contributed by atoms with Crippen LogP contribution in [0.3, 0.4) is 0 Å². The summed E-state index contributed by atoms with van der Waals surface area (Å²) in [5, 5.41) is 2.91. The van der Waals surface area contributed by atoms with E-state index in [9.17, 15) is 4.79 Å². The van der Waals surface area contributed by atoms with Crippen molar-refractivity contribution in [1.29, 1.82) is 0 Å². The van der Waals surface area contributed by atoms with E-state index in [0.717, 1.165) is 23.4 Å². The van der Waals surface area contributed by atoms with E-state index >= 15 is 0 Å². The van der Waals surface area contributed by atoms with Crippen LogP contribution in [0, 0.1) is 0 Å². The van der Waals surface area contributed by atoms with Crippen LogP contribution in [0.25, 0.3) is 0 Å². The molecule has 1 atom stereocenters. The summed E-state index contributed by atoms with van der Waals surface area (Å²) in [6.45, 7) is 6.60. The van der Waals surface area contributed by atoms with Crippen molar-refractivity contribution in [3.8, 4) is 5.75 Å². The first-order valence-electron chi connectivity index (χ1n) is 8.34. The monoisotopic (exact) mass is 362 g/mol. The third kappa shape index (κ3) is 6.67. The highest BCUT2D eigenvalue weighted by atomic mass is 35.5. The van der Waals surface area contributed by atoms with Crippen molar-refractivity contribution >= 4 is 24.0 Å². The molecule has 0 aliphatic carbocycles. The fraction of sp³-hybridized carbons (Fsp3) is 0.350. The number of ether oxygens (including phenoxy) is 1. The van der Waals surface area contributed by atoms with Gasteiger partial charge in [0.25, 0.3) is 5.91 Å². The number of nitrogen functional groups attached to an aromatic ring is 1. The van der Waals surface area contributed by atoms with Gasteiger partial charge < -0.3 is 15.8 Å². The van der Waals surface area contributed by atoms with Crippen molar-refractivity contribution in [3.63, 3.8) is 0 Å². The molecule has 2 aromatic rings. The third-order valence-electron chi connectivity index (χ3n) is 3.90. The molecule has 0 fully saturated rings. The maximum Gasteiger partial charge on any atom is 0.260 e. The molecule has 25 heavy (non-hydrogen) atoms. The Balaban J connectivity index is 0.00000312. The first-order chi connectivity index (χ1) is 11.5. The molecule has 0 heterocycles. The lowest BCUT2D eigenvalue weighted by molar-refractivity contribution is -0.127. The molecule has 0 saturated carbocycles. The van der Waals surface area contributed by atoms with Crippen LogP contribution in [-0.4, -0.2) is 18.6 Å². The van der Waals surface area contributed by atoms with Gasteiger partial charge in [0.05, 0.1) is 0 Å². The average Bonchev–Trinajstić information content (AvgIpc) is 2.56. The molecule has 1 amide bonds. The number of carbonyl (C=O) groups is 1. The van der Waals surface area contributed by atoms with E-state index in [1.807, 2.05) is 42.5 Å². The average molecular weight is 363 g/mol. The second-order valence-electron chi connectivity index (χ2n) is 6.27. The number of nitrogens with two attached hydrogens (primary N) is 1. The fourth-order valence-corrected chi connectivity index (χ4v) is 2.36. The molecule has 136 valence electrons. The molecule has 5 heteroatoms. The lowest BCUT2D eigenvalue weighted by Crippen LogP contribution is -2.37. The quantitative estimate of drug-likeness (QED) is 0.733. The molecule has 0 saturated heterocycles. The molecule has 0 aliphatic heterocycles. The SMILES string of the molecule is CC(Oc1cccc(C(C)C)c1)C(=O)NCCc1ccc(N)cc1.Cl.